The van der Waals surface area contributed by atoms with Gasteiger partial charge in [-0.1, -0.05) is 11.6 Å². The molecule has 7 heteroatoms. The number of anilines is 2. The minimum Gasteiger partial charge on any atom is -0.396 e. The lowest BCUT2D eigenvalue weighted by Crippen LogP contribution is -2.15. The van der Waals surface area contributed by atoms with E-state index in [9.17, 15) is 13.6 Å². The zero-order valence-corrected chi connectivity index (χ0v) is 12.8. The van der Waals surface area contributed by atoms with Crippen molar-refractivity contribution in [3.8, 4) is 0 Å². The van der Waals surface area contributed by atoms with E-state index < -0.39 is 28.8 Å². The van der Waals surface area contributed by atoms with E-state index in [1.54, 1.807) is 18.2 Å². The number of hydrogen-bond donors (Lipinski definition) is 2. The summed E-state index contributed by atoms with van der Waals surface area (Å²) in [5.41, 5.74) is 4.68. The van der Waals surface area contributed by atoms with Gasteiger partial charge in [0.15, 0.2) is 5.82 Å². The number of carbonyl (C=O) groups excluding carboxylic acids is 1. The molecular weight excluding hydrogens is 401 g/mol. The molecule has 0 spiro atoms. The van der Waals surface area contributed by atoms with Gasteiger partial charge in [0.25, 0.3) is 5.91 Å². The summed E-state index contributed by atoms with van der Waals surface area (Å²) < 4.78 is 27.8. The number of carbonyl (C=O) groups is 1. The zero-order valence-electron chi connectivity index (χ0n) is 9.88. The van der Waals surface area contributed by atoms with Crippen molar-refractivity contribution in [2.24, 2.45) is 0 Å². The molecule has 2 aromatic carbocycles. The number of rotatable bonds is 2. The SMILES string of the molecule is Nc1cc(F)cc(C(=O)Nc2ccc(I)cc2Cl)c1F. The predicted octanol–water partition coefficient (Wildman–Crippen LogP) is 4.06. The average molecular weight is 409 g/mol. The molecule has 0 saturated heterocycles. The van der Waals surface area contributed by atoms with Crippen molar-refractivity contribution in [2.45, 2.75) is 0 Å². The van der Waals surface area contributed by atoms with E-state index in [-0.39, 0.29) is 0 Å². The molecule has 1 amide bonds. The van der Waals surface area contributed by atoms with Gasteiger partial charge in [0.1, 0.15) is 5.82 Å². The second-order valence-corrected chi connectivity index (χ2v) is 5.59. The first-order valence-electron chi connectivity index (χ1n) is 5.39. The molecular formula is C13H8ClF2IN2O. The van der Waals surface area contributed by atoms with E-state index in [4.69, 9.17) is 17.3 Å². The highest BCUT2D eigenvalue weighted by molar-refractivity contribution is 14.1. The number of nitrogen functional groups attached to an aromatic ring is 1. The fourth-order valence-electron chi connectivity index (χ4n) is 1.56. The molecule has 0 atom stereocenters. The molecule has 0 fully saturated rings. The fourth-order valence-corrected chi connectivity index (χ4v) is 2.46. The molecule has 20 heavy (non-hydrogen) atoms. The standard InChI is InChI=1S/C13H8ClF2IN2O/c14-9-5-7(17)1-2-11(9)19-13(20)8-3-6(15)4-10(18)12(8)16/h1-5H,18H2,(H,19,20). The van der Waals surface area contributed by atoms with Crippen molar-refractivity contribution < 1.29 is 13.6 Å². The molecule has 2 aromatic rings. The molecule has 0 bridgehead atoms. The summed E-state index contributed by atoms with van der Waals surface area (Å²) in [5, 5.41) is 2.71. The van der Waals surface area contributed by atoms with Crippen LogP contribution in [0.15, 0.2) is 30.3 Å². The summed E-state index contributed by atoms with van der Waals surface area (Å²) in [6, 6.07) is 6.51. The molecule has 0 unspecified atom stereocenters. The molecule has 0 saturated carbocycles. The van der Waals surface area contributed by atoms with Crippen LogP contribution in [0.3, 0.4) is 0 Å². The molecule has 3 nitrogen and oxygen atoms in total. The summed E-state index contributed by atoms with van der Waals surface area (Å²) in [6.07, 6.45) is 0. The molecule has 0 aliphatic rings. The van der Waals surface area contributed by atoms with E-state index >= 15 is 0 Å². The summed E-state index contributed by atoms with van der Waals surface area (Å²) in [6.45, 7) is 0. The third-order valence-corrected chi connectivity index (χ3v) is 3.47. The Kier molecular flexibility index (Phi) is 4.44. The first-order chi connectivity index (χ1) is 9.38. The lowest BCUT2D eigenvalue weighted by Gasteiger charge is -2.09. The topological polar surface area (TPSA) is 55.1 Å². The molecule has 0 aliphatic carbocycles. The predicted molar refractivity (Wildman–Crippen MR) is 82.9 cm³/mol. The van der Waals surface area contributed by atoms with Crippen molar-refractivity contribution in [2.75, 3.05) is 11.1 Å². The van der Waals surface area contributed by atoms with Crippen molar-refractivity contribution in [3.05, 3.63) is 56.1 Å². The van der Waals surface area contributed by atoms with Gasteiger partial charge in [0, 0.05) is 3.57 Å². The van der Waals surface area contributed by atoms with Gasteiger partial charge in [-0.2, -0.15) is 0 Å². The van der Waals surface area contributed by atoms with E-state index in [0.29, 0.717) is 10.7 Å². The maximum absolute atomic E-state index is 13.7. The Labute approximate surface area is 132 Å². The summed E-state index contributed by atoms with van der Waals surface area (Å²) in [5.74, 6) is -2.58. The molecule has 0 heterocycles. The molecule has 0 aliphatic heterocycles. The first kappa shape index (κ1) is 15.0. The fraction of sp³-hybridized carbons (Fsp3) is 0. The van der Waals surface area contributed by atoms with Crippen LogP contribution in [0, 0.1) is 15.2 Å². The quantitative estimate of drug-likeness (QED) is 0.582. The highest BCUT2D eigenvalue weighted by atomic mass is 127. The monoisotopic (exact) mass is 408 g/mol. The number of hydrogen-bond acceptors (Lipinski definition) is 2. The van der Waals surface area contributed by atoms with Crippen molar-refractivity contribution in [1.82, 2.24) is 0 Å². The summed E-state index contributed by atoms with van der Waals surface area (Å²) in [7, 11) is 0. The maximum atomic E-state index is 13.7. The van der Waals surface area contributed by atoms with Crippen molar-refractivity contribution >= 4 is 51.5 Å². The Hall–Kier alpha value is -1.41. The average Bonchev–Trinajstić information content (AvgIpc) is 2.37. The molecule has 104 valence electrons. The van der Waals surface area contributed by atoms with Gasteiger partial charge in [-0.25, -0.2) is 8.78 Å². The third-order valence-electron chi connectivity index (χ3n) is 2.49. The number of amides is 1. The zero-order chi connectivity index (χ0) is 14.9. The lowest BCUT2D eigenvalue weighted by atomic mass is 10.1. The van der Waals surface area contributed by atoms with Crippen LogP contribution < -0.4 is 11.1 Å². The van der Waals surface area contributed by atoms with Crippen molar-refractivity contribution in [3.63, 3.8) is 0 Å². The second-order valence-electron chi connectivity index (χ2n) is 3.93. The van der Waals surface area contributed by atoms with Gasteiger partial charge < -0.3 is 11.1 Å². The van der Waals surface area contributed by atoms with Crippen molar-refractivity contribution in [1.29, 1.82) is 0 Å². The van der Waals surface area contributed by atoms with Crippen LogP contribution >= 0.6 is 34.2 Å². The van der Waals surface area contributed by atoms with Gasteiger partial charge in [-0.15, -0.1) is 0 Å². The largest absolute Gasteiger partial charge is 0.396 e. The van der Waals surface area contributed by atoms with Gasteiger partial charge in [-0.05, 0) is 52.9 Å². The van der Waals surface area contributed by atoms with E-state index in [0.717, 1.165) is 15.7 Å². The van der Waals surface area contributed by atoms with E-state index in [1.807, 2.05) is 0 Å². The van der Waals surface area contributed by atoms with Crippen LogP contribution in [0.2, 0.25) is 5.02 Å². The molecule has 0 radical (unpaired) electrons. The Morgan fingerprint density at radius 1 is 1.25 bits per heavy atom. The number of benzene rings is 2. The highest BCUT2D eigenvalue weighted by Gasteiger charge is 2.17. The normalized spacial score (nSPS) is 10.4. The maximum Gasteiger partial charge on any atom is 0.258 e. The Morgan fingerprint density at radius 2 is 1.95 bits per heavy atom. The first-order valence-corrected chi connectivity index (χ1v) is 6.85. The van der Waals surface area contributed by atoms with Gasteiger partial charge in [0.2, 0.25) is 0 Å². The van der Waals surface area contributed by atoms with Crippen LogP contribution in [0.25, 0.3) is 0 Å². The van der Waals surface area contributed by atoms with Crippen LogP contribution in [-0.2, 0) is 0 Å². The summed E-state index contributed by atoms with van der Waals surface area (Å²) >= 11 is 8.01. The smallest absolute Gasteiger partial charge is 0.258 e. The lowest BCUT2D eigenvalue weighted by molar-refractivity contribution is 0.102. The van der Waals surface area contributed by atoms with Gasteiger partial charge >= 0.3 is 0 Å². The minimum absolute atomic E-state index is 0.301. The minimum atomic E-state index is -0.967. The van der Waals surface area contributed by atoms with Gasteiger partial charge in [-0.3, -0.25) is 4.79 Å². The Bertz CT molecular complexity index is 694. The van der Waals surface area contributed by atoms with E-state index in [1.165, 1.54) is 0 Å². The molecule has 0 aromatic heterocycles. The Morgan fingerprint density at radius 3 is 2.60 bits per heavy atom. The molecule has 2 rings (SSSR count). The van der Waals surface area contributed by atoms with E-state index in [2.05, 4.69) is 27.9 Å². The third kappa shape index (κ3) is 3.18. The van der Waals surface area contributed by atoms with Gasteiger partial charge in [0.05, 0.1) is 22.0 Å². The number of nitrogens with two attached hydrogens (primary N) is 1. The highest BCUT2D eigenvalue weighted by Crippen LogP contribution is 2.25. The number of nitrogens with one attached hydrogen (secondary N) is 1. The van der Waals surface area contributed by atoms with Crippen LogP contribution in [0.4, 0.5) is 20.2 Å². The molecule has 3 N–H and O–H groups in total. The Balaban J connectivity index is 2.33. The van der Waals surface area contributed by atoms with Crippen LogP contribution in [0.1, 0.15) is 10.4 Å². The second kappa shape index (κ2) is 5.92. The summed E-state index contributed by atoms with van der Waals surface area (Å²) in [4.78, 5) is 11.9. The van der Waals surface area contributed by atoms with Crippen LogP contribution in [0.5, 0.6) is 0 Å². The van der Waals surface area contributed by atoms with Crippen LogP contribution in [-0.4, -0.2) is 5.91 Å². The number of halogens is 4.